The Labute approximate surface area is 122 Å². The van der Waals surface area contributed by atoms with Crippen molar-refractivity contribution in [3.8, 4) is 17.2 Å². The van der Waals surface area contributed by atoms with Crippen molar-refractivity contribution in [3.63, 3.8) is 0 Å². The van der Waals surface area contributed by atoms with Gasteiger partial charge in [-0.05, 0) is 6.07 Å². The highest BCUT2D eigenvalue weighted by Crippen LogP contribution is 2.19. The molecule has 3 aromatic rings. The van der Waals surface area contributed by atoms with Gasteiger partial charge in [0.15, 0.2) is 11.6 Å². The fourth-order valence-electron chi connectivity index (χ4n) is 1.95. The Kier molecular flexibility index (Phi) is 3.88. The van der Waals surface area contributed by atoms with Crippen LogP contribution in [0.25, 0.3) is 17.2 Å². The maximum absolute atomic E-state index is 8.94. The molecule has 0 amide bonds. The van der Waals surface area contributed by atoms with Crippen LogP contribution in [0.15, 0.2) is 54.9 Å². The molecule has 1 aromatic carbocycles. The number of anilines is 1. The first-order chi connectivity index (χ1) is 10.4. The summed E-state index contributed by atoms with van der Waals surface area (Å²) < 4.78 is 1.68. The van der Waals surface area contributed by atoms with E-state index in [1.54, 1.807) is 16.9 Å². The third kappa shape index (κ3) is 3.06. The SMILES string of the molecule is OCCNc1cc(-n2cccn2)nc(-c2ccccc2)n1. The van der Waals surface area contributed by atoms with E-state index in [9.17, 15) is 0 Å². The molecule has 6 heteroatoms. The highest BCUT2D eigenvalue weighted by Gasteiger charge is 2.08. The third-order valence-electron chi connectivity index (χ3n) is 2.90. The van der Waals surface area contributed by atoms with Gasteiger partial charge in [-0.3, -0.25) is 0 Å². The first-order valence-corrected chi connectivity index (χ1v) is 6.66. The summed E-state index contributed by atoms with van der Waals surface area (Å²) in [5, 5.41) is 16.2. The van der Waals surface area contributed by atoms with Crippen molar-refractivity contribution < 1.29 is 5.11 Å². The first-order valence-electron chi connectivity index (χ1n) is 6.66. The fourth-order valence-corrected chi connectivity index (χ4v) is 1.95. The van der Waals surface area contributed by atoms with Gasteiger partial charge in [0, 0.05) is 30.6 Å². The molecular formula is C15H15N5O. The summed E-state index contributed by atoms with van der Waals surface area (Å²) in [4.78, 5) is 9.02. The van der Waals surface area contributed by atoms with Gasteiger partial charge >= 0.3 is 0 Å². The first kappa shape index (κ1) is 13.3. The number of hydrogen-bond acceptors (Lipinski definition) is 5. The summed E-state index contributed by atoms with van der Waals surface area (Å²) in [6.07, 6.45) is 3.53. The summed E-state index contributed by atoms with van der Waals surface area (Å²) in [6.45, 7) is 0.478. The molecular weight excluding hydrogens is 266 g/mol. The van der Waals surface area contributed by atoms with E-state index in [4.69, 9.17) is 5.11 Å². The average Bonchev–Trinajstić information content (AvgIpc) is 3.08. The molecule has 106 valence electrons. The van der Waals surface area contributed by atoms with Gasteiger partial charge in [-0.25, -0.2) is 14.6 Å². The third-order valence-corrected chi connectivity index (χ3v) is 2.90. The number of nitrogens with one attached hydrogen (secondary N) is 1. The predicted molar refractivity (Wildman–Crippen MR) is 80.2 cm³/mol. The number of benzene rings is 1. The normalized spacial score (nSPS) is 10.5. The zero-order valence-corrected chi connectivity index (χ0v) is 11.3. The number of aromatic nitrogens is 4. The minimum atomic E-state index is 0.0434. The van der Waals surface area contributed by atoms with Gasteiger partial charge in [0.2, 0.25) is 0 Å². The Morgan fingerprint density at radius 1 is 1.10 bits per heavy atom. The molecule has 6 nitrogen and oxygen atoms in total. The van der Waals surface area contributed by atoms with Crippen molar-refractivity contribution in [2.45, 2.75) is 0 Å². The monoisotopic (exact) mass is 281 g/mol. The van der Waals surface area contributed by atoms with E-state index in [2.05, 4.69) is 20.4 Å². The van der Waals surface area contributed by atoms with Crippen molar-refractivity contribution in [1.29, 1.82) is 0 Å². The largest absolute Gasteiger partial charge is 0.395 e. The molecule has 3 rings (SSSR count). The molecule has 0 aliphatic rings. The number of aliphatic hydroxyl groups excluding tert-OH is 1. The number of nitrogens with zero attached hydrogens (tertiary/aromatic N) is 4. The fraction of sp³-hybridized carbons (Fsp3) is 0.133. The Morgan fingerprint density at radius 2 is 1.95 bits per heavy atom. The van der Waals surface area contributed by atoms with Crippen LogP contribution in [0.1, 0.15) is 0 Å². The van der Waals surface area contributed by atoms with Crippen molar-refractivity contribution in [2.75, 3.05) is 18.5 Å². The topological polar surface area (TPSA) is 75.9 Å². The zero-order valence-electron chi connectivity index (χ0n) is 11.3. The summed E-state index contributed by atoms with van der Waals surface area (Å²) in [5.41, 5.74) is 0.929. The molecule has 2 N–H and O–H groups in total. The Balaban J connectivity index is 2.05. The Hall–Kier alpha value is -2.73. The van der Waals surface area contributed by atoms with Crippen molar-refractivity contribution >= 4 is 5.82 Å². The van der Waals surface area contributed by atoms with Crippen LogP contribution in [0.5, 0.6) is 0 Å². The quantitative estimate of drug-likeness (QED) is 0.745. The van der Waals surface area contributed by atoms with E-state index in [0.717, 1.165) is 5.56 Å². The van der Waals surface area contributed by atoms with Gasteiger partial charge in [0.05, 0.1) is 6.61 Å². The second-order valence-electron chi connectivity index (χ2n) is 4.40. The lowest BCUT2D eigenvalue weighted by Gasteiger charge is -2.09. The predicted octanol–water partition coefficient (Wildman–Crippen LogP) is 1.73. The van der Waals surface area contributed by atoms with Gasteiger partial charge in [-0.2, -0.15) is 5.10 Å². The van der Waals surface area contributed by atoms with Crippen LogP contribution in [0.3, 0.4) is 0 Å². The van der Waals surface area contributed by atoms with Crippen LogP contribution in [0, 0.1) is 0 Å². The maximum atomic E-state index is 8.94. The lowest BCUT2D eigenvalue weighted by molar-refractivity contribution is 0.311. The smallest absolute Gasteiger partial charge is 0.163 e. The van der Waals surface area contributed by atoms with Gasteiger partial charge in [-0.15, -0.1) is 0 Å². The van der Waals surface area contributed by atoms with Gasteiger partial charge in [-0.1, -0.05) is 30.3 Å². The molecule has 21 heavy (non-hydrogen) atoms. The number of rotatable bonds is 5. The standard InChI is InChI=1S/C15H15N5O/c21-10-8-16-13-11-14(20-9-4-7-17-20)19-15(18-13)12-5-2-1-3-6-12/h1-7,9,11,21H,8,10H2,(H,16,18,19). The number of hydrogen-bond donors (Lipinski definition) is 2. The Bertz CT molecular complexity index is 697. The summed E-state index contributed by atoms with van der Waals surface area (Å²) in [7, 11) is 0. The lowest BCUT2D eigenvalue weighted by Crippen LogP contribution is -2.10. The second kappa shape index (κ2) is 6.15. The van der Waals surface area contributed by atoms with Crippen LogP contribution in [0.2, 0.25) is 0 Å². The molecule has 0 fully saturated rings. The van der Waals surface area contributed by atoms with E-state index in [1.807, 2.05) is 42.6 Å². The lowest BCUT2D eigenvalue weighted by atomic mass is 10.2. The molecule has 0 bridgehead atoms. The molecule has 0 saturated heterocycles. The molecule has 0 aliphatic heterocycles. The molecule has 2 aromatic heterocycles. The molecule has 0 atom stereocenters. The van der Waals surface area contributed by atoms with E-state index in [1.165, 1.54) is 0 Å². The van der Waals surface area contributed by atoms with Crippen LogP contribution >= 0.6 is 0 Å². The van der Waals surface area contributed by atoms with Crippen LogP contribution in [-0.4, -0.2) is 38.0 Å². The number of aliphatic hydroxyl groups is 1. The molecule has 0 aliphatic carbocycles. The highest BCUT2D eigenvalue weighted by molar-refractivity contribution is 5.59. The average molecular weight is 281 g/mol. The van der Waals surface area contributed by atoms with Crippen molar-refractivity contribution in [1.82, 2.24) is 19.7 Å². The molecule has 0 unspecified atom stereocenters. The van der Waals surface area contributed by atoms with Gasteiger partial charge < -0.3 is 10.4 Å². The van der Waals surface area contributed by atoms with Crippen molar-refractivity contribution in [3.05, 3.63) is 54.9 Å². The van der Waals surface area contributed by atoms with E-state index >= 15 is 0 Å². The van der Waals surface area contributed by atoms with Gasteiger partial charge in [0.1, 0.15) is 5.82 Å². The summed E-state index contributed by atoms with van der Waals surface area (Å²) in [5.74, 6) is 1.95. The van der Waals surface area contributed by atoms with E-state index in [-0.39, 0.29) is 6.61 Å². The molecule has 0 saturated carbocycles. The zero-order chi connectivity index (χ0) is 14.5. The second-order valence-corrected chi connectivity index (χ2v) is 4.40. The summed E-state index contributed by atoms with van der Waals surface area (Å²) >= 11 is 0. The summed E-state index contributed by atoms with van der Waals surface area (Å²) in [6, 6.07) is 13.4. The van der Waals surface area contributed by atoms with Crippen LogP contribution in [-0.2, 0) is 0 Å². The molecule has 0 spiro atoms. The van der Waals surface area contributed by atoms with Crippen LogP contribution in [0.4, 0.5) is 5.82 Å². The van der Waals surface area contributed by atoms with Crippen molar-refractivity contribution in [2.24, 2.45) is 0 Å². The van der Waals surface area contributed by atoms with Crippen LogP contribution < -0.4 is 5.32 Å². The van der Waals surface area contributed by atoms with E-state index < -0.39 is 0 Å². The minimum absolute atomic E-state index is 0.0434. The minimum Gasteiger partial charge on any atom is -0.395 e. The molecule has 0 radical (unpaired) electrons. The maximum Gasteiger partial charge on any atom is 0.163 e. The van der Waals surface area contributed by atoms with Gasteiger partial charge in [0.25, 0.3) is 0 Å². The molecule has 2 heterocycles. The van der Waals surface area contributed by atoms with E-state index in [0.29, 0.717) is 24.0 Å². The highest BCUT2D eigenvalue weighted by atomic mass is 16.3. The Morgan fingerprint density at radius 3 is 2.67 bits per heavy atom.